The second-order valence-corrected chi connectivity index (χ2v) is 4.50. The number of benzene rings is 1. The van der Waals surface area contributed by atoms with Gasteiger partial charge in [0.25, 0.3) is 0 Å². The molecule has 0 saturated carbocycles. The van der Waals surface area contributed by atoms with Crippen LogP contribution in [0.15, 0.2) is 18.2 Å². The maximum Gasteiger partial charge on any atom is 0.124 e. The minimum absolute atomic E-state index is 0.124. The van der Waals surface area contributed by atoms with E-state index in [0.717, 1.165) is 17.7 Å². The van der Waals surface area contributed by atoms with Crippen molar-refractivity contribution in [3.05, 3.63) is 35.1 Å². The molecular weight excluding hydrogens is 227 g/mol. The van der Waals surface area contributed by atoms with Gasteiger partial charge in [0.05, 0.1) is 0 Å². The second-order valence-electron chi connectivity index (χ2n) is 3.39. The molecule has 0 bridgehead atoms. The third-order valence-electron chi connectivity index (χ3n) is 1.98. The number of amidine groups is 1. The molecule has 88 valence electrons. The molecule has 0 saturated heterocycles. The number of rotatable bonds is 6. The number of hydrogen-bond donors (Lipinski definition) is 3. The van der Waals surface area contributed by atoms with Gasteiger partial charge < -0.3 is 10.8 Å². The number of nitrogen functional groups attached to an aromatic ring is 1. The quantitative estimate of drug-likeness (QED) is 0.404. The van der Waals surface area contributed by atoms with E-state index in [0.29, 0.717) is 11.3 Å². The minimum atomic E-state index is -0.370. The predicted molar refractivity (Wildman–Crippen MR) is 65.3 cm³/mol. The summed E-state index contributed by atoms with van der Waals surface area (Å²) < 4.78 is 13.2. The number of aliphatic hydroxyl groups is 1. The summed E-state index contributed by atoms with van der Waals surface area (Å²) in [6.07, 6.45) is 0.736. The molecule has 0 aromatic heterocycles. The number of aliphatic hydroxyl groups excluding tert-OH is 1. The van der Waals surface area contributed by atoms with Gasteiger partial charge in [0.15, 0.2) is 0 Å². The normalized spacial score (nSPS) is 10.4. The van der Waals surface area contributed by atoms with Crippen LogP contribution < -0.4 is 5.73 Å². The molecule has 0 aliphatic rings. The van der Waals surface area contributed by atoms with Gasteiger partial charge in [0.2, 0.25) is 0 Å². The molecule has 0 fully saturated rings. The second kappa shape index (κ2) is 6.50. The van der Waals surface area contributed by atoms with Crippen molar-refractivity contribution in [3.8, 4) is 0 Å². The van der Waals surface area contributed by atoms with E-state index < -0.39 is 0 Å². The van der Waals surface area contributed by atoms with Crippen LogP contribution in [0.4, 0.5) is 4.39 Å². The van der Waals surface area contributed by atoms with Crippen molar-refractivity contribution in [3.63, 3.8) is 0 Å². The Morgan fingerprint density at radius 3 is 2.81 bits per heavy atom. The number of nitrogens with two attached hydrogens (primary N) is 1. The van der Waals surface area contributed by atoms with Gasteiger partial charge in [-0.2, -0.15) is 11.8 Å². The monoisotopic (exact) mass is 242 g/mol. The fourth-order valence-corrected chi connectivity index (χ4v) is 2.13. The van der Waals surface area contributed by atoms with E-state index in [1.165, 1.54) is 12.1 Å². The van der Waals surface area contributed by atoms with Gasteiger partial charge in [-0.15, -0.1) is 0 Å². The van der Waals surface area contributed by atoms with E-state index in [1.807, 2.05) is 0 Å². The van der Waals surface area contributed by atoms with E-state index in [1.54, 1.807) is 17.8 Å². The zero-order chi connectivity index (χ0) is 12.0. The summed E-state index contributed by atoms with van der Waals surface area (Å²) in [7, 11) is 0. The maximum absolute atomic E-state index is 13.2. The summed E-state index contributed by atoms with van der Waals surface area (Å²) in [6.45, 7) is 0.175. The predicted octanol–water partition coefficient (Wildman–Crippen LogP) is 1.73. The molecule has 5 heteroatoms. The van der Waals surface area contributed by atoms with Crippen LogP contribution in [-0.2, 0) is 5.75 Å². The molecule has 1 aromatic carbocycles. The van der Waals surface area contributed by atoms with Crippen LogP contribution in [0.25, 0.3) is 0 Å². The summed E-state index contributed by atoms with van der Waals surface area (Å²) in [4.78, 5) is 0. The highest BCUT2D eigenvalue weighted by Gasteiger charge is 2.03. The molecule has 0 radical (unpaired) electrons. The molecule has 0 heterocycles. The number of hydrogen-bond acceptors (Lipinski definition) is 3. The van der Waals surface area contributed by atoms with Crippen LogP contribution in [-0.4, -0.2) is 23.3 Å². The summed E-state index contributed by atoms with van der Waals surface area (Å²) in [5.74, 6) is 1.01. The average Bonchev–Trinajstić information content (AvgIpc) is 2.23. The zero-order valence-electron chi connectivity index (χ0n) is 8.87. The summed E-state index contributed by atoms with van der Waals surface area (Å²) in [5.41, 5.74) is 6.53. The van der Waals surface area contributed by atoms with Gasteiger partial charge in [-0.1, -0.05) is 0 Å². The van der Waals surface area contributed by atoms with Crippen molar-refractivity contribution in [1.82, 2.24) is 0 Å². The average molecular weight is 242 g/mol. The summed E-state index contributed by atoms with van der Waals surface area (Å²) in [5, 5.41) is 15.8. The molecule has 0 unspecified atom stereocenters. The smallest absolute Gasteiger partial charge is 0.124 e. The van der Waals surface area contributed by atoms with Crippen molar-refractivity contribution in [2.75, 3.05) is 12.4 Å². The van der Waals surface area contributed by atoms with E-state index >= 15 is 0 Å². The van der Waals surface area contributed by atoms with Crippen molar-refractivity contribution in [2.45, 2.75) is 12.2 Å². The number of thioether (sulfide) groups is 1. The molecule has 0 amide bonds. The molecule has 0 atom stereocenters. The first-order valence-corrected chi connectivity index (χ1v) is 6.11. The van der Waals surface area contributed by atoms with Crippen LogP contribution in [0.1, 0.15) is 17.5 Å². The van der Waals surface area contributed by atoms with Gasteiger partial charge >= 0.3 is 0 Å². The Morgan fingerprint density at radius 2 is 2.19 bits per heavy atom. The third-order valence-corrected chi connectivity index (χ3v) is 3.10. The summed E-state index contributed by atoms with van der Waals surface area (Å²) in [6, 6.07) is 4.42. The molecule has 0 aliphatic carbocycles. The highest BCUT2D eigenvalue weighted by molar-refractivity contribution is 7.98. The molecule has 0 spiro atoms. The molecular formula is C11H15FN2OS. The first kappa shape index (κ1) is 13.0. The third kappa shape index (κ3) is 4.20. The Bertz CT molecular complexity index is 371. The van der Waals surface area contributed by atoms with Crippen molar-refractivity contribution >= 4 is 17.6 Å². The Morgan fingerprint density at radius 1 is 1.44 bits per heavy atom. The topological polar surface area (TPSA) is 70.1 Å². The SMILES string of the molecule is N=C(N)c1cc(F)cc(CSCCCO)c1. The van der Waals surface area contributed by atoms with Crippen LogP contribution >= 0.6 is 11.8 Å². The Labute approximate surface area is 98.4 Å². The number of halogens is 1. The van der Waals surface area contributed by atoms with Crippen molar-refractivity contribution < 1.29 is 9.50 Å². The standard InChI is InChI=1S/C11H15FN2OS/c12-10-5-8(7-16-3-1-2-15)4-9(6-10)11(13)14/h4-6,15H,1-3,7H2,(H3,13,14). The van der Waals surface area contributed by atoms with Gasteiger partial charge in [-0.25, -0.2) is 4.39 Å². The first-order valence-electron chi connectivity index (χ1n) is 4.96. The van der Waals surface area contributed by atoms with Crippen LogP contribution in [0, 0.1) is 11.2 Å². The molecule has 1 aromatic rings. The van der Waals surface area contributed by atoms with Crippen LogP contribution in [0.3, 0.4) is 0 Å². The van der Waals surface area contributed by atoms with Gasteiger partial charge in [-0.05, 0) is 35.9 Å². The van der Waals surface area contributed by atoms with E-state index in [9.17, 15) is 4.39 Å². The maximum atomic E-state index is 13.2. The lowest BCUT2D eigenvalue weighted by atomic mass is 10.1. The highest BCUT2D eigenvalue weighted by Crippen LogP contribution is 2.16. The fraction of sp³-hybridized carbons (Fsp3) is 0.364. The largest absolute Gasteiger partial charge is 0.396 e. The van der Waals surface area contributed by atoms with Crippen molar-refractivity contribution in [1.29, 1.82) is 5.41 Å². The van der Waals surface area contributed by atoms with E-state index in [-0.39, 0.29) is 18.3 Å². The van der Waals surface area contributed by atoms with E-state index in [2.05, 4.69) is 0 Å². The van der Waals surface area contributed by atoms with E-state index in [4.69, 9.17) is 16.2 Å². The Hall–Kier alpha value is -1.07. The summed E-state index contributed by atoms with van der Waals surface area (Å²) >= 11 is 1.62. The fourth-order valence-electron chi connectivity index (χ4n) is 1.25. The van der Waals surface area contributed by atoms with Crippen LogP contribution in [0.2, 0.25) is 0 Å². The van der Waals surface area contributed by atoms with Crippen LogP contribution in [0.5, 0.6) is 0 Å². The van der Waals surface area contributed by atoms with Gasteiger partial charge in [-0.3, -0.25) is 5.41 Å². The first-order chi connectivity index (χ1) is 7.63. The molecule has 0 aliphatic heterocycles. The molecule has 16 heavy (non-hydrogen) atoms. The highest BCUT2D eigenvalue weighted by atomic mass is 32.2. The van der Waals surface area contributed by atoms with Gasteiger partial charge in [0.1, 0.15) is 11.7 Å². The molecule has 4 N–H and O–H groups in total. The van der Waals surface area contributed by atoms with Crippen molar-refractivity contribution in [2.24, 2.45) is 5.73 Å². The minimum Gasteiger partial charge on any atom is -0.396 e. The Balaban J connectivity index is 2.62. The lowest BCUT2D eigenvalue weighted by Gasteiger charge is -2.05. The van der Waals surface area contributed by atoms with Gasteiger partial charge in [0, 0.05) is 17.9 Å². The number of nitrogens with one attached hydrogen (secondary N) is 1. The molecule has 1 rings (SSSR count). The zero-order valence-corrected chi connectivity index (χ0v) is 9.69. The molecule has 3 nitrogen and oxygen atoms in total. The Kier molecular flexibility index (Phi) is 5.28. The lowest BCUT2D eigenvalue weighted by molar-refractivity contribution is 0.296. The lowest BCUT2D eigenvalue weighted by Crippen LogP contribution is -2.11.